The lowest BCUT2D eigenvalue weighted by Crippen LogP contribution is -2.22. The molecule has 5 rings (SSSR count). The van der Waals surface area contributed by atoms with Gasteiger partial charge in [0, 0.05) is 54.2 Å². The van der Waals surface area contributed by atoms with Crippen LogP contribution < -0.4 is 19.7 Å². The molecule has 0 aliphatic carbocycles. The van der Waals surface area contributed by atoms with E-state index in [1.165, 1.54) is 7.11 Å². The Morgan fingerprint density at radius 3 is 2.56 bits per heavy atom. The standard InChI is InChI=1S/C25H28FN3O3/c1-27-7-8-32-19-5-3-16(4-6-19)22-10-24(29-12-17-14-31-15-18(17)13-29)20-9-21(26)25(30-2)11-23(20)28-22/h3-6,9-11,17-18,27H,7-8,12-15H2,1-2H3. The van der Waals surface area contributed by atoms with Crippen LogP contribution in [0.2, 0.25) is 0 Å². The van der Waals surface area contributed by atoms with Crippen molar-refractivity contribution in [3.63, 3.8) is 0 Å². The summed E-state index contributed by atoms with van der Waals surface area (Å²) in [5, 5.41) is 3.87. The maximum atomic E-state index is 14.6. The quantitative estimate of drug-likeness (QED) is 0.569. The predicted molar refractivity (Wildman–Crippen MR) is 123 cm³/mol. The van der Waals surface area contributed by atoms with Crippen LogP contribution in [-0.4, -0.2) is 58.6 Å². The van der Waals surface area contributed by atoms with Gasteiger partial charge in [0.25, 0.3) is 0 Å². The SMILES string of the molecule is CNCCOc1ccc(-c2cc(N3CC4COCC4C3)c3cc(F)c(OC)cc3n2)cc1. The first-order chi connectivity index (χ1) is 15.7. The molecule has 3 aromatic rings. The molecule has 2 atom stereocenters. The van der Waals surface area contributed by atoms with Gasteiger partial charge in [0.2, 0.25) is 0 Å². The van der Waals surface area contributed by atoms with E-state index < -0.39 is 0 Å². The lowest BCUT2D eigenvalue weighted by atomic mass is 10.0. The molecule has 2 saturated heterocycles. The smallest absolute Gasteiger partial charge is 0.165 e. The molecule has 1 N–H and O–H groups in total. The average molecular weight is 438 g/mol. The first-order valence-electron chi connectivity index (χ1n) is 11.0. The summed E-state index contributed by atoms with van der Waals surface area (Å²) in [5.74, 6) is 1.70. The van der Waals surface area contributed by atoms with Crippen molar-refractivity contribution >= 4 is 16.6 Å². The molecule has 168 valence electrons. The van der Waals surface area contributed by atoms with Gasteiger partial charge in [0.1, 0.15) is 12.4 Å². The maximum absolute atomic E-state index is 14.6. The van der Waals surface area contributed by atoms with Crippen molar-refractivity contribution in [3.8, 4) is 22.8 Å². The highest BCUT2D eigenvalue weighted by molar-refractivity contribution is 5.95. The molecule has 6 nitrogen and oxygen atoms in total. The number of halogens is 1. The van der Waals surface area contributed by atoms with Gasteiger partial charge in [-0.25, -0.2) is 9.37 Å². The molecule has 3 heterocycles. The number of nitrogens with one attached hydrogen (secondary N) is 1. The minimum absolute atomic E-state index is 0.202. The van der Waals surface area contributed by atoms with Crippen molar-refractivity contribution in [3.05, 3.63) is 48.3 Å². The molecule has 2 unspecified atom stereocenters. The van der Waals surface area contributed by atoms with Crippen molar-refractivity contribution < 1.29 is 18.6 Å². The second-order valence-corrected chi connectivity index (χ2v) is 8.47. The predicted octanol–water partition coefficient (Wildman–Crippen LogP) is 3.73. The fourth-order valence-corrected chi connectivity index (χ4v) is 4.65. The van der Waals surface area contributed by atoms with Crippen LogP contribution in [0.4, 0.5) is 10.1 Å². The third-order valence-electron chi connectivity index (χ3n) is 6.41. The number of hydrogen-bond acceptors (Lipinski definition) is 6. The first-order valence-corrected chi connectivity index (χ1v) is 11.0. The van der Waals surface area contributed by atoms with E-state index in [-0.39, 0.29) is 11.6 Å². The molecule has 0 amide bonds. The van der Waals surface area contributed by atoms with Gasteiger partial charge in [-0.15, -0.1) is 0 Å². The Morgan fingerprint density at radius 1 is 1.12 bits per heavy atom. The highest BCUT2D eigenvalue weighted by atomic mass is 19.1. The summed E-state index contributed by atoms with van der Waals surface area (Å²) < 4.78 is 31.2. The fourth-order valence-electron chi connectivity index (χ4n) is 4.65. The van der Waals surface area contributed by atoms with Gasteiger partial charge in [0.15, 0.2) is 11.6 Å². The fraction of sp³-hybridized carbons (Fsp3) is 0.400. The lowest BCUT2D eigenvalue weighted by molar-refractivity contribution is 0.177. The summed E-state index contributed by atoms with van der Waals surface area (Å²) in [4.78, 5) is 7.21. The van der Waals surface area contributed by atoms with Gasteiger partial charge in [-0.2, -0.15) is 0 Å². The van der Waals surface area contributed by atoms with Gasteiger partial charge >= 0.3 is 0 Å². The third-order valence-corrected chi connectivity index (χ3v) is 6.41. The van der Waals surface area contributed by atoms with Crippen LogP contribution in [0.25, 0.3) is 22.2 Å². The largest absolute Gasteiger partial charge is 0.494 e. The molecular weight excluding hydrogens is 409 g/mol. The maximum Gasteiger partial charge on any atom is 0.165 e. The average Bonchev–Trinajstić information content (AvgIpc) is 3.41. The zero-order chi connectivity index (χ0) is 22.1. The zero-order valence-electron chi connectivity index (χ0n) is 18.4. The van der Waals surface area contributed by atoms with Crippen molar-refractivity contribution in [1.82, 2.24) is 10.3 Å². The Bertz CT molecular complexity index is 1090. The van der Waals surface area contributed by atoms with Gasteiger partial charge in [-0.05, 0) is 43.4 Å². The number of fused-ring (bicyclic) bond motifs is 2. The van der Waals surface area contributed by atoms with E-state index in [0.29, 0.717) is 18.4 Å². The molecule has 2 aromatic carbocycles. The second-order valence-electron chi connectivity index (χ2n) is 8.47. The summed E-state index contributed by atoms with van der Waals surface area (Å²) in [6.07, 6.45) is 0. The monoisotopic (exact) mass is 437 g/mol. The minimum atomic E-state index is -0.374. The summed E-state index contributed by atoms with van der Waals surface area (Å²) in [6, 6.07) is 13.3. The number of nitrogens with zero attached hydrogens (tertiary/aromatic N) is 2. The third kappa shape index (κ3) is 3.98. The van der Waals surface area contributed by atoms with E-state index in [0.717, 1.165) is 66.4 Å². The minimum Gasteiger partial charge on any atom is -0.494 e. The van der Waals surface area contributed by atoms with Crippen LogP contribution in [0.5, 0.6) is 11.5 Å². The second kappa shape index (κ2) is 8.92. The molecule has 7 heteroatoms. The van der Waals surface area contributed by atoms with Gasteiger partial charge in [-0.3, -0.25) is 0 Å². The highest BCUT2D eigenvalue weighted by Gasteiger charge is 2.37. The Hall–Kier alpha value is -2.90. The van der Waals surface area contributed by atoms with Crippen LogP contribution in [0, 0.1) is 17.7 Å². The van der Waals surface area contributed by atoms with E-state index in [1.54, 1.807) is 12.1 Å². The van der Waals surface area contributed by atoms with Gasteiger partial charge in [-0.1, -0.05) is 0 Å². The first kappa shape index (κ1) is 21.0. The Labute approximate surface area is 187 Å². The number of hydrogen-bond donors (Lipinski definition) is 1. The Balaban J connectivity index is 1.53. The van der Waals surface area contributed by atoms with Crippen molar-refractivity contribution in [2.24, 2.45) is 11.8 Å². The van der Waals surface area contributed by atoms with Gasteiger partial charge in [0.05, 0.1) is 31.5 Å². The molecule has 0 spiro atoms. The number of anilines is 1. The van der Waals surface area contributed by atoms with E-state index in [4.69, 9.17) is 19.2 Å². The van der Waals surface area contributed by atoms with Crippen molar-refractivity contribution in [2.45, 2.75) is 0 Å². The molecule has 2 aliphatic heterocycles. The molecule has 0 saturated carbocycles. The number of pyridine rings is 1. The molecular formula is C25H28FN3O3. The van der Waals surface area contributed by atoms with Crippen LogP contribution in [0.3, 0.4) is 0 Å². The van der Waals surface area contributed by atoms with Crippen LogP contribution in [0.1, 0.15) is 0 Å². The van der Waals surface area contributed by atoms with Crippen molar-refractivity contribution in [2.75, 3.05) is 58.5 Å². The van der Waals surface area contributed by atoms with Gasteiger partial charge < -0.3 is 24.4 Å². The number of ether oxygens (including phenoxy) is 3. The van der Waals surface area contributed by atoms with Crippen LogP contribution in [-0.2, 0) is 4.74 Å². The topological polar surface area (TPSA) is 55.9 Å². The van der Waals surface area contributed by atoms with E-state index >= 15 is 0 Å². The lowest BCUT2D eigenvalue weighted by Gasteiger charge is -2.23. The highest BCUT2D eigenvalue weighted by Crippen LogP contribution is 2.39. The molecule has 2 aliphatic rings. The van der Waals surface area contributed by atoms with E-state index in [2.05, 4.69) is 16.3 Å². The molecule has 0 radical (unpaired) electrons. The van der Waals surface area contributed by atoms with E-state index in [9.17, 15) is 4.39 Å². The summed E-state index contributed by atoms with van der Waals surface area (Å²) in [5.41, 5.74) is 3.56. The Morgan fingerprint density at radius 2 is 1.88 bits per heavy atom. The number of likely N-dealkylation sites (N-methyl/N-ethyl adjacent to an activating group) is 1. The molecule has 0 bridgehead atoms. The van der Waals surface area contributed by atoms with Crippen molar-refractivity contribution in [1.29, 1.82) is 0 Å². The summed E-state index contributed by atoms with van der Waals surface area (Å²) in [6.45, 7) is 4.83. The molecule has 32 heavy (non-hydrogen) atoms. The van der Waals surface area contributed by atoms with E-state index in [1.807, 2.05) is 31.3 Å². The number of aromatic nitrogens is 1. The molecule has 1 aromatic heterocycles. The molecule has 2 fully saturated rings. The summed E-state index contributed by atoms with van der Waals surface area (Å²) >= 11 is 0. The number of methoxy groups -OCH3 is 1. The normalized spacial score (nSPS) is 20.0. The van der Waals surface area contributed by atoms with Crippen LogP contribution in [0.15, 0.2) is 42.5 Å². The number of rotatable bonds is 7. The Kier molecular flexibility index (Phi) is 5.85. The summed E-state index contributed by atoms with van der Waals surface area (Å²) in [7, 11) is 3.38. The number of benzene rings is 2. The zero-order valence-corrected chi connectivity index (χ0v) is 18.4. The van der Waals surface area contributed by atoms with Crippen LogP contribution >= 0.6 is 0 Å².